The number of nitriles is 1. The first-order chi connectivity index (χ1) is 8.60. The molecule has 1 saturated carbocycles. The molecule has 0 saturated heterocycles. The maximum atomic E-state index is 11.9. The van der Waals surface area contributed by atoms with Crippen LogP contribution in [0.2, 0.25) is 0 Å². The first-order valence-electron chi connectivity index (χ1n) is 5.79. The number of esters is 1. The number of nitrogens with zero attached hydrogens (tertiary/aromatic N) is 1. The summed E-state index contributed by atoms with van der Waals surface area (Å²) in [7, 11) is 1.54. The van der Waals surface area contributed by atoms with Gasteiger partial charge in [-0.3, -0.25) is 0 Å². The van der Waals surface area contributed by atoms with Gasteiger partial charge < -0.3 is 9.47 Å². The van der Waals surface area contributed by atoms with Crippen LogP contribution in [0.15, 0.2) is 6.07 Å². The van der Waals surface area contributed by atoms with E-state index in [4.69, 9.17) is 14.7 Å². The molecule has 4 nitrogen and oxygen atoms in total. The van der Waals surface area contributed by atoms with Crippen LogP contribution in [0.25, 0.3) is 0 Å². The maximum Gasteiger partial charge on any atom is 0.352 e. The molecule has 0 aliphatic heterocycles. The molecule has 1 fully saturated rings. The van der Waals surface area contributed by atoms with E-state index in [0.29, 0.717) is 23.7 Å². The fourth-order valence-electron chi connectivity index (χ4n) is 1.79. The lowest BCUT2D eigenvalue weighted by Crippen LogP contribution is -2.14. The molecular weight excluding hydrogens is 250 g/mol. The molecule has 0 unspecified atom stereocenters. The fourth-order valence-corrected chi connectivity index (χ4v) is 2.66. The van der Waals surface area contributed by atoms with Gasteiger partial charge in [-0.25, -0.2) is 4.79 Å². The van der Waals surface area contributed by atoms with Gasteiger partial charge in [-0.15, -0.1) is 11.3 Å². The smallest absolute Gasteiger partial charge is 0.352 e. The van der Waals surface area contributed by atoms with Gasteiger partial charge in [-0.2, -0.15) is 5.26 Å². The Balaban J connectivity index is 1.98. The third-order valence-electron chi connectivity index (χ3n) is 3.15. The minimum absolute atomic E-state index is 0.0794. The monoisotopic (exact) mass is 265 g/mol. The van der Waals surface area contributed by atoms with Gasteiger partial charge in [0.05, 0.1) is 19.8 Å². The third kappa shape index (κ3) is 2.65. The minimum Gasteiger partial charge on any atom is -0.495 e. The quantitative estimate of drug-likeness (QED) is 0.768. The number of carbonyl (C=O) groups is 1. The molecule has 18 heavy (non-hydrogen) atoms. The Morgan fingerprint density at radius 2 is 2.33 bits per heavy atom. The highest BCUT2D eigenvalue weighted by molar-refractivity contribution is 7.14. The van der Waals surface area contributed by atoms with Gasteiger partial charge in [-0.05, 0) is 25.8 Å². The first kappa shape index (κ1) is 12.9. The van der Waals surface area contributed by atoms with Crippen molar-refractivity contribution < 1.29 is 14.3 Å². The molecule has 1 aromatic heterocycles. The second kappa shape index (κ2) is 4.99. The number of ether oxygens (including phenoxy) is 2. The lowest BCUT2D eigenvalue weighted by molar-refractivity contribution is 0.0422. The molecule has 0 radical (unpaired) electrons. The van der Waals surface area contributed by atoms with E-state index < -0.39 is 0 Å². The number of methoxy groups -OCH3 is 1. The molecular formula is C13H15NO3S. The van der Waals surface area contributed by atoms with E-state index in [1.807, 2.05) is 13.0 Å². The van der Waals surface area contributed by atoms with E-state index in [2.05, 4.69) is 6.07 Å². The molecule has 0 spiro atoms. The van der Waals surface area contributed by atoms with Gasteiger partial charge in [0.15, 0.2) is 4.88 Å². The van der Waals surface area contributed by atoms with Gasteiger partial charge in [0, 0.05) is 16.7 Å². The van der Waals surface area contributed by atoms with Gasteiger partial charge in [0.1, 0.15) is 5.75 Å². The number of carbonyl (C=O) groups excluding carboxylic acids is 1. The Morgan fingerprint density at radius 3 is 2.89 bits per heavy atom. The van der Waals surface area contributed by atoms with Gasteiger partial charge >= 0.3 is 5.97 Å². The van der Waals surface area contributed by atoms with Crippen LogP contribution in [0.5, 0.6) is 5.75 Å². The van der Waals surface area contributed by atoms with E-state index in [9.17, 15) is 4.79 Å². The highest BCUT2D eigenvalue weighted by Crippen LogP contribution is 2.48. The second-order valence-electron chi connectivity index (χ2n) is 4.67. The van der Waals surface area contributed by atoms with E-state index >= 15 is 0 Å². The van der Waals surface area contributed by atoms with Crippen molar-refractivity contribution in [1.82, 2.24) is 0 Å². The van der Waals surface area contributed by atoms with Crippen LogP contribution in [0.3, 0.4) is 0 Å². The maximum absolute atomic E-state index is 11.9. The molecule has 1 aliphatic rings. The zero-order chi connectivity index (χ0) is 13.2. The number of hydrogen-bond acceptors (Lipinski definition) is 5. The van der Waals surface area contributed by atoms with Crippen molar-refractivity contribution in [2.75, 3.05) is 13.7 Å². The molecule has 5 heteroatoms. The fraction of sp³-hybridized carbons (Fsp3) is 0.538. The predicted molar refractivity (Wildman–Crippen MR) is 67.8 cm³/mol. The average molecular weight is 265 g/mol. The van der Waals surface area contributed by atoms with Crippen molar-refractivity contribution >= 4 is 17.3 Å². The van der Waals surface area contributed by atoms with Crippen molar-refractivity contribution in [2.24, 2.45) is 5.41 Å². The summed E-state index contributed by atoms with van der Waals surface area (Å²) in [6.45, 7) is 2.25. The third-order valence-corrected chi connectivity index (χ3v) is 4.16. The Bertz CT molecular complexity index is 497. The Morgan fingerprint density at radius 1 is 1.61 bits per heavy atom. The minimum atomic E-state index is -0.353. The molecule has 0 aromatic carbocycles. The van der Waals surface area contributed by atoms with E-state index in [0.717, 1.165) is 17.7 Å². The molecule has 1 aliphatic carbocycles. The zero-order valence-electron chi connectivity index (χ0n) is 10.5. The van der Waals surface area contributed by atoms with Gasteiger partial charge in [0.2, 0.25) is 0 Å². The summed E-state index contributed by atoms with van der Waals surface area (Å²) < 4.78 is 10.4. The zero-order valence-corrected chi connectivity index (χ0v) is 11.3. The SMILES string of the molecule is COc1cc(C)sc1C(=O)OCC1(CC#N)CC1. The van der Waals surface area contributed by atoms with Crippen LogP contribution in [0.1, 0.15) is 33.8 Å². The molecule has 2 rings (SSSR count). The molecule has 0 bridgehead atoms. The van der Waals surface area contributed by atoms with Crippen molar-refractivity contribution in [2.45, 2.75) is 26.2 Å². The standard InChI is InChI=1S/C13H15NO3S/c1-9-7-10(16-2)11(18-9)12(15)17-8-13(3-4-13)5-6-14/h7H,3-5,8H2,1-2H3. The molecule has 1 heterocycles. The van der Waals surface area contributed by atoms with Crippen LogP contribution >= 0.6 is 11.3 Å². The molecule has 0 N–H and O–H groups in total. The summed E-state index contributed by atoms with van der Waals surface area (Å²) in [4.78, 5) is 13.5. The van der Waals surface area contributed by atoms with Crippen LogP contribution in [0, 0.1) is 23.7 Å². The summed E-state index contributed by atoms with van der Waals surface area (Å²) in [6.07, 6.45) is 2.39. The van der Waals surface area contributed by atoms with Gasteiger partial charge in [0.25, 0.3) is 0 Å². The van der Waals surface area contributed by atoms with E-state index in [-0.39, 0.29) is 11.4 Å². The number of thiophene rings is 1. The van der Waals surface area contributed by atoms with Crippen LogP contribution in [-0.4, -0.2) is 19.7 Å². The summed E-state index contributed by atoms with van der Waals surface area (Å²) in [5, 5.41) is 8.70. The average Bonchev–Trinajstić information content (AvgIpc) is 3.01. The lowest BCUT2D eigenvalue weighted by Gasteiger charge is -2.11. The van der Waals surface area contributed by atoms with E-state index in [1.54, 1.807) is 0 Å². The largest absolute Gasteiger partial charge is 0.495 e. The summed E-state index contributed by atoms with van der Waals surface area (Å²) in [5.41, 5.74) is -0.0794. The summed E-state index contributed by atoms with van der Waals surface area (Å²) in [6, 6.07) is 3.97. The molecule has 0 atom stereocenters. The van der Waals surface area contributed by atoms with Crippen molar-refractivity contribution in [3.05, 3.63) is 15.8 Å². The first-order valence-corrected chi connectivity index (χ1v) is 6.60. The van der Waals surface area contributed by atoms with Crippen molar-refractivity contribution in [3.8, 4) is 11.8 Å². The summed E-state index contributed by atoms with van der Waals surface area (Å²) >= 11 is 1.37. The van der Waals surface area contributed by atoms with Gasteiger partial charge in [-0.1, -0.05) is 0 Å². The lowest BCUT2D eigenvalue weighted by atomic mass is 10.1. The van der Waals surface area contributed by atoms with E-state index in [1.165, 1.54) is 18.4 Å². The van der Waals surface area contributed by atoms with Crippen LogP contribution in [-0.2, 0) is 4.74 Å². The Hall–Kier alpha value is -1.54. The second-order valence-corrected chi connectivity index (χ2v) is 5.92. The van der Waals surface area contributed by atoms with Crippen molar-refractivity contribution in [1.29, 1.82) is 5.26 Å². The molecule has 0 amide bonds. The van der Waals surface area contributed by atoms with Crippen molar-refractivity contribution in [3.63, 3.8) is 0 Å². The Labute approximate surface area is 110 Å². The molecule has 96 valence electrons. The van der Waals surface area contributed by atoms with Crippen LogP contribution in [0.4, 0.5) is 0 Å². The molecule has 1 aromatic rings. The predicted octanol–water partition coefficient (Wildman–Crippen LogP) is 2.92. The summed E-state index contributed by atoms with van der Waals surface area (Å²) in [5.74, 6) is 0.210. The number of rotatable bonds is 5. The highest BCUT2D eigenvalue weighted by atomic mass is 32.1. The highest BCUT2D eigenvalue weighted by Gasteiger charge is 2.44. The van der Waals surface area contributed by atoms with Crippen LogP contribution < -0.4 is 4.74 Å². The Kier molecular flexibility index (Phi) is 3.58. The number of hydrogen-bond donors (Lipinski definition) is 0. The normalized spacial score (nSPS) is 15.8. The topological polar surface area (TPSA) is 59.3 Å². The number of aryl methyl sites for hydroxylation is 1.